The van der Waals surface area contributed by atoms with Gasteiger partial charge in [0.1, 0.15) is 0 Å². The van der Waals surface area contributed by atoms with Crippen LogP contribution in [0.25, 0.3) is 0 Å². The number of primary amides is 1. The van der Waals surface area contributed by atoms with E-state index in [0.29, 0.717) is 10.6 Å². The fourth-order valence-electron chi connectivity index (χ4n) is 1.43. The topological polar surface area (TPSA) is 121 Å². The number of hydrogen-bond donors (Lipinski definition) is 2. The number of nitrogens with two attached hydrogens (primary N) is 2. The van der Waals surface area contributed by atoms with Crippen LogP contribution in [0.15, 0.2) is 18.2 Å². The predicted molar refractivity (Wildman–Crippen MR) is 54.8 cm³/mol. The highest BCUT2D eigenvalue weighted by atomic mass is 16.2. The Morgan fingerprint density at radius 2 is 2.00 bits per heavy atom. The lowest BCUT2D eigenvalue weighted by Gasteiger charge is -2.24. The van der Waals surface area contributed by atoms with E-state index in [1.165, 1.54) is 18.2 Å². The molecule has 0 saturated heterocycles. The predicted octanol–water partition coefficient (Wildman–Crippen LogP) is 0.0321. The molecule has 1 aliphatic heterocycles. The van der Waals surface area contributed by atoms with Gasteiger partial charge in [-0.05, 0) is 18.2 Å². The molecule has 7 nitrogen and oxygen atoms in total. The molecule has 0 bridgehead atoms. The zero-order valence-electron chi connectivity index (χ0n) is 8.01. The van der Waals surface area contributed by atoms with Crippen molar-refractivity contribution in [2.24, 2.45) is 5.73 Å². The number of imide groups is 2. The minimum absolute atomic E-state index is 0.0819. The molecule has 7 heteroatoms. The van der Waals surface area contributed by atoms with Crippen LogP contribution in [0.3, 0.4) is 0 Å². The number of hydrogen-bond acceptors (Lipinski definition) is 4. The van der Waals surface area contributed by atoms with E-state index >= 15 is 0 Å². The number of amides is 5. The third-order valence-electron chi connectivity index (χ3n) is 2.10. The number of nitrogen functional groups attached to an aromatic ring is 1. The summed E-state index contributed by atoms with van der Waals surface area (Å²) in [5.41, 5.74) is 11.0. The van der Waals surface area contributed by atoms with Gasteiger partial charge in [-0.2, -0.15) is 5.32 Å². The first-order chi connectivity index (χ1) is 7.50. The van der Waals surface area contributed by atoms with Gasteiger partial charge in [0.05, 0.1) is 11.3 Å². The maximum absolute atomic E-state index is 11.4. The van der Waals surface area contributed by atoms with Gasteiger partial charge in [0.15, 0.2) is 0 Å². The smallest absolute Gasteiger partial charge is 0.359 e. The molecule has 1 aromatic rings. The summed E-state index contributed by atoms with van der Waals surface area (Å²) in [7, 11) is 0. The van der Waals surface area contributed by atoms with Gasteiger partial charge in [0.2, 0.25) is 0 Å². The SMILES string of the molecule is NC(=O)N1C(=O)[N]C(=O)c2cc(N)ccc21. The van der Waals surface area contributed by atoms with E-state index < -0.39 is 18.0 Å². The standard InChI is InChI=1S/C9H7N4O3/c10-4-1-2-6-5(3-4)7(14)12-9(16)13(6)8(11)15/h1-3H,10H2,(H2,11,15). The van der Waals surface area contributed by atoms with Crippen LogP contribution in [0.2, 0.25) is 0 Å². The molecule has 0 aromatic heterocycles. The number of anilines is 2. The van der Waals surface area contributed by atoms with Crippen molar-refractivity contribution in [3.63, 3.8) is 0 Å². The molecular weight excluding hydrogens is 212 g/mol. The highest BCUT2D eigenvalue weighted by Crippen LogP contribution is 2.26. The van der Waals surface area contributed by atoms with Crippen molar-refractivity contribution >= 4 is 29.3 Å². The molecule has 81 valence electrons. The summed E-state index contributed by atoms with van der Waals surface area (Å²) < 4.78 is 0. The van der Waals surface area contributed by atoms with Crippen molar-refractivity contribution in [1.29, 1.82) is 0 Å². The molecule has 1 radical (unpaired) electrons. The molecule has 1 aliphatic rings. The van der Waals surface area contributed by atoms with Gasteiger partial charge in [-0.15, -0.1) is 0 Å². The molecule has 16 heavy (non-hydrogen) atoms. The fraction of sp³-hybridized carbons (Fsp3) is 0. The summed E-state index contributed by atoms with van der Waals surface area (Å²) in [5.74, 6) is -0.732. The number of urea groups is 2. The second-order valence-corrected chi connectivity index (χ2v) is 3.15. The highest BCUT2D eigenvalue weighted by molar-refractivity contribution is 6.25. The van der Waals surface area contributed by atoms with E-state index in [2.05, 4.69) is 5.32 Å². The summed E-state index contributed by atoms with van der Waals surface area (Å²) >= 11 is 0. The third kappa shape index (κ3) is 1.34. The lowest BCUT2D eigenvalue weighted by atomic mass is 10.1. The van der Waals surface area contributed by atoms with Crippen LogP contribution in [-0.4, -0.2) is 18.0 Å². The van der Waals surface area contributed by atoms with Gasteiger partial charge < -0.3 is 11.5 Å². The minimum atomic E-state index is -0.993. The van der Waals surface area contributed by atoms with Crippen molar-refractivity contribution in [2.75, 3.05) is 10.6 Å². The Labute approximate surface area is 90.0 Å². The maximum atomic E-state index is 11.4. The Kier molecular flexibility index (Phi) is 2.01. The fourth-order valence-corrected chi connectivity index (χ4v) is 1.43. The van der Waals surface area contributed by atoms with Gasteiger partial charge in [-0.25, -0.2) is 14.5 Å². The summed E-state index contributed by atoms with van der Waals surface area (Å²) in [5, 5.41) is 3.16. The quantitative estimate of drug-likeness (QED) is 0.598. The van der Waals surface area contributed by atoms with Crippen LogP contribution in [0.4, 0.5) is 21.0 Å². The minimum Gasteiger partial charge on any atom is -0.399 e. The molecule has 1 aromatic carbocycles. The van der Waals surface area contributed by atoms with Crippen LogP contribution in [-0.2, 0) is 0 Å². The molecule has 4 N–H and O–H groups in total. The van der Waals surface area contributed by atoms with Crippen molar-refractivity contribution in [3.05, 3.63) is 23.8 Å². The Hall–Kier alpha value is -2.57. The molecule has 0 saturated carbocycles. The number of nitrogens with zero attached hydrogens (tertiary/aromatic N) is 2. The highest BCUT2D eigenvalue weighted by Gasteiger charge is 2.34. The Morgan fingerprint density at radius 3 is 2.62 bits per heavy atom. The van der Waals surface area contributed by atoms with Crippen LogP contribution in [0.1, 0.15) is 10.4 Å². The van der Waals surface area contributed by atoms with E-state index in [9.17, 15) is 14.4 Å². The summed E-state index contributed by atoms with van der Waals surface area (Å²) in [4.78, 5) is 34.4. The first kappa shape index (κ1) is 9.97. The molecule has 2 rings (SSSR count). The Morgan fingerprint density at radius 1 is 1.31 bits per heavy atom. The molecular formula is C9H7N4O3. The number of carbonyl (C=O) groups is 3. The average molecular weight is 219 g/mol. The molecule has 5 amide bonds. The lowest BCUT2D eigenvalue weighted by Crippen LogP contribution is -2.49. The van der Waals surface area contributed by atoms with Crippen molar-refractivity contribution in [3.8, 4) is 0 Å². The van der Waals surface area contributed by atoms with Crippen LogP contribution in [0.5, 0.6) is 0 Å². The van der Waals surface area contributed by atoms with E-state index in [0.717, 1.165) is 0 Å². The second kappa shape index (κ2) is 3.23. The lowest BCUT2D eigenvalue weighted by molar-refractivity contribution is 0.0958. The molecule has 0 aliphatic carbocycles. The summed E-state index contributed by atoms with van der Waals surface area (Å²) in [6.45, 7) is 0. The zero-order chi connectivity index (χ0) is 11.9. The van der Waals surface area contributed by atoms with Gasteiger partial charge in [-0.1, -0.05) is 0 Å². The van der Waals surface area contributed by atoms with E-state index in [1.54, 1.807) is 0 Å². The summed E-state index contributed by atoms with van der Waals surface area (Å²) in [6, 6.07) is 2.19. The normalized spacial score (nSPS) is 14.4. The molecule has 0 atom stereocenters. The maximum Gasteiger partial charge on any atom is 0.359 e. The molecule has 1 heterocycles. The van der Waals surface area contributed by atoms with Gasteiger partial charge >= 0.3 is 12.1 Å². The van der Waals surface area contributed by atoms with Crippen LogP contribution in [0, 0.1) is 0 Å². The number of benzene rings is 1. The van der Waals surface area contributed by atoms with E-state index in [-0.39, 0.29) is 11.3 Å². The molecule has 0 unspecified atom stereocenters. The van der Waals surface area contributed by atoms with Gasteiger partial charge in [0.25, 0.3) is 5.91 Å². The number of carbonyl (C=O) groups excluding carboxylic acids is 3. The first-order valence-electron chi connectivity index (χ1n) is 4.30. The van der Waals surface area contributed by atoms with E-state index in [1.807, 2.05) is 0 Å². The third-order valence-corrected chi connectivity index (χ3v) is 2.10. The Bertz CT molecular complexity index is 511. The first-order valence-corrected chi connectivity index (χ1v) is 4.30. The van der Waals surface area contributed by atoms with Crippen molar-refractivity contribution in [1.82, 2.24) is 5.32 Å². The average Bonchev–Trinajstić information content (AvgIpc) is 2.18. The van der Waals surface area contributed by atoms with Crippen molar-refractivity contribution in [2.45, 2.75) is 0 Å². The number of fused-ring (bicyclic) bond motifs is 1. The Balaban J connectivity index is 2.63. The van der Waals surface area contributed by atoms with Crippen LogP contribution < -0.4 is 21.7 Å². The summed E-state index contributed by atoms with van der Waals surface area (Å²) in [6.07, 6.45) is 0. The largest absolute Gasteiger partial charge is 0.399 e. The van der Waals surface area contributed by atoms with Gasteiger partial charge in [0, 0.05) is 5.69 Å². The molecule has 0 fully saturated rings. The van der Waals surface area contributed by atoms with E-state index in [4.69, 9.17) is 11.5 Å². The molecule has 0 spiro atoms. The zero-order valence-corrected chi connectivity index (χ0v) is 8.01. The van der Waals surface area contributed by atoms with Gasteiger partial charge in [-0.3, -0.25) is 4.79 Å². The van der Waals surface area contributed by atoms with Crippen LogP contribution >= 0.6 is 0 Å². The number of rotatable bonds is 0. The van der Waals surface area contributed by atoms with Crippen molar-refractivity contribution < 1.29 is 14.4 Å². The second-order valence-electron chi connectivity index (χ2n) is 3.15. The monoisotopic (exact) mass is 219 g/mol.